The van der Waals surface area contributed by atoms with Crippen LogP contribution in [0.2, 0.25) is 0 Å². The van der Waals surface area contributed by atoms with E-state index in [-0.39, 0.29) is 0 Å². The van der Waals surface area contributed by atoms with Gasteiger partial charge in [0.05, 0.1) is 11.4 Å². The Balaban J connectivity index is 2.03. The van der Waals surface area contributed by atoms with E-state index in [1.165, 1.54) is 5.56 Å². The van der Waals surface area contributed by atoms with Crippen LogP contribution in [-0.2, 0) is 13.1 Å². The molecule has 3 aromatic rings. The summed E-state index contributed by atoms with van der Waals surface area (Å²) in [5, 5.41) is 4.42. The smallest absolute Gasteiger partial charge is 0.137 e. The molecule has 0 aliphatic carbocycles. The molecule has 5 nitrogen and oxygen atoms in total. The molecule has 0 unspecified atom stereocenters. The Morgan fingerprint density at radius 3 is 3.06 bits per heavy atom. The highest BCUT2D eigenvalue weighted by atomic mass is 15.0. The first-order chi connectivity index (χ1) is 8.93. The van der Waals surface area contributed by atoms with Crippen LogP contribution in [0, 0.1) is 0 Å². The molecule has 88 valence electrons. The lowest BCUT2D eigenvalue weighted by Crippen LogP contribution is -2.00. The first-order valence-electron chi connectivity index (χ1n) is 5.89. The summed E-state index contributed by atoms with van der Waals surface area (Å²) in [6.45, 7) is 1.66. The fourth-order valence-electron chi connectivity index (χ4n) is 2.49. The predicted molar refractivity (Wildman–Crippen MR) is 67.7 cm³/mol. The zero-order valence-electron chi connectivity index (χ0n) is 9.64. The van der Waals surface area contributed by atoms with Gasteiger partial charge in [-0.15, -0.1) is 0 Å². The minimum absolute atomic E-state index is 0.826. The maximum Gasteiger partial charge on any atom is 0.137 e. The molecule has 5 heteroatoms. The second kappa shape index (κ2) is 3.61. The van der Waals surface area contributed by atoms with E-state index in [1.54, 1.807) is 6.33 Å². The minimum atomic E-state index is 0.826. The fraction of sp³-hybridized carbons (Fsp3) is 0.154. The van der Waals surface area contributed by atoms with Crippen LogP contribution in [-0.4, -0.2) is 19.9 Å². The van der Waals surface area contributed by atoms with Crippen molar-refractivity contribution in [2.75, 3.05) is 0 Å². The highest BCUT2D eigenvalue weighted by Crippen LogP contribution is 2.30. The largest absolute Gasteiger partial charge is 0.346 e. The summed E-state index contributed by atoms with van der Waals surface area (Å²) in [6, 6.07) is 4.05. The number of rotatable bonds is 1. The molecule has 0 bridgehead atoms. The van der Waals surface area contributed by atoms with Crippen LogP contribution in [0.3, 0.4) is 0 Å². The fourth-order valence-corrected chi connectivity index (χ4v) is 2.49. The second-order valence-corrected chi connectivity index (χ2v) is 4.35. The van der Waals surface area contributed by atoms with Crippen LogP contribution in [0.15, 0.2) is 30.9 Å². The van der Waals surface area contributed by atoms with Crippen LogP contribution in [0.1, 0.15) is 11.3 Å². The van der Waals surface area contributed by atoms with Gasteiger partial charge in [0.1, 0.15) is 12.0 Å². The molecule has 4 rings (SSSR count). The van der Waals surface area contributed by atoms with Crippen LogP contribution >= 0.6 is 0 Å². The number of nitrogens with zero attached hydrogens (tertiary/aromatic N) is 3. The summed E-state index contributed by atoms with van der Waals surface area (Å²) in [5.41, 5.74) is 5.32. The standard InChI is InChI=1S/C13H11N5/c1-3-15-13-9(2-4-16-13)8(1)12-10-5-14-6-11(10)17-7-18-12/h1-4,7,14H,5-6H2,(H,15,16). The van der Waals surface area contributed by atoms with Gasteiger partial charge in [-0.1, -0.05) is 0 Å². The van der Waals surface area contributed by atoms with Gasteiger partial charge < -0.3 is 10.3 Å². The Hall–Kier alpha value is -2.27. The molecule has 0 atom stereocenters. The van der Waals surface area contributed by atoms with Crippen LogP contribution < -0.4 is 5.32 Å². The quantitative estimate of drug-likeness (QED) is 0.675. The molecule has 0 radical (unpaired) electrons. The third-order valence-electron chi connectivity index (χ3n) is 3.34. The molecule has 0 saturated heterocycles. The third-order valence-corrected chi connectivity index (χ3v) is 3.34. The lowest BCUT2D eigenvalue weighted by atomic mass is 10.0. The Kier molecular flexibility index (Phi) is 1.95. The summed E-state index contributed by atoms with van der Waals surface area (Å²) >= 11 is 0. The van der Waals surface area contributed by atoms with Gasteiger partial charge in [0, 0.05) is 42.0 Å². The number of pyridine rings is 1. The van der Waals surface area contributed by atoms with Gasteiger partial charge in [-0.3, -0.25) is 0 Å². The van der Waals surface area contributed by atoms with E-state index in [2.05, 4.69) is 25.3 Å². The maximum atomic E-state index is 4.46. The number of hydrogen-bond donors (Lipinski definition) is 2. The second-order valence-electron chi connectivity index (χ2n) is 4.35. The first-order valence-corrected chi connectivity index (χ1v) is 5.89. The molecule has 0 aromatic carbocycles. The number of fused-ring (bicyclic) bond motifs is 2. The van der Waals surface area contributed by atoms with Crippen molar-refractivity contribution in [2.24, 2.45) is 0 Å². The normalized spacial score (nSPS) is 14.0. The zero-order valence-corrected chi connectivity index (χ0v) is 9.64. The lowest BCUT2D eigenvalue weighted by molar-refractivity contribution is 0.758. The van der Waals surface area contributed by atoms with Gasteiger partial charge in [-0.2, -0.15) is 0 Å². The number of H-pyrrole nitrogens is 1. The highest BCUT2D eigenvalue weighted by molar-refractivity contribution is 5.92. The molecule has 1 aliphatic heterocycles. The summed E-state index contributed by atoms with van der Waals surface area (Å²) in [6.07, 6.45) is 5.35. The maximum absolute atomic E-state index is 4.46. The Labute approximate surface area is 103 Å². The number of hydrogen-bond acceptors (Lipinski definition) is 4. The van der Waals surface area contributed by atoms with E-state index in [9.17, 15) is 0 Å². The van der Waals surface area contributed by atoms with E-state index in [0.29, 0.717) is 0 Å². The third kappa shape index (κ3) is 1.28. The van der Waals surface area contributed by atoms with E-state index in [0.717, 1.165) is 41.1 Å². The number of nitrogens with one attached hydrogen (secondary N) is 2. The molecule has 1 aliphatic rings. The van der Waals surface area contributed by atoms with E-state index in [4.69, 9.17) is 0 Å². The molecular formula is C13H11N5. The number of aromatic amines is 1. The van der Waals surface area contributed by atoms with Gasteiger partial charge in [-0.05, 0) is 12.1 Å². The van der Waals surface area contributed by atoms with Crippen molar-refractivity contribution in [3.05, 3.63) is 42.1 Å². The van der Waals surface area contributed by atoms with Crippen molar-refractivity contribution in [3.8, 4) is 11.3 Å². The molecule has 2 N–H and O–H groups in total. The molecule has 3 aromatic heterocycles. The average Bonchev–Trinajstić information content (AvgIpc) is 3.06. The van der Waals surface area contributed by atoms with Crippen molar-refractivity contribution in [3.63, 3.8) is 0 Å². The van der Waals surface area contributed by atoms with Crippen molar-refractivity contribution in [2.45, 2.75) is 13.1 Å². The Morgan fingerprint density at radius 1 is 1.06 bits per heavy atom. The summed E-state index contributed by atoms with van der Waals surface area (Å²) < 4.78 is 0. The topological polar surface area (TPSA) is 66.5 Å². The SMILES string of the molecule is c1nc2c(c(-c3ccnc4[nH]ccc34)n1)CNC2. The Morgan fingerprint density at radius 2 is 2.06 bits per heavy atom. The van der Waals surface area contributed by atoms with Crippen molar-refractivity contribution < 1.29 is 0 Å². The van der Waals surface area contributed by atoms with Crippen molar-refractivity contribution in [1.29, 1.82) is 0 Å². The van der Waals surface area contributed by atoms with E-state index < -0.39 is 0 Å². The molecule has 4 heterocycles. The Bertz CT molecular complexity index is 731. The van der Waals surface area contributed by atoms with Crippen LogP contribution in [0.5, 0.6) is 0 Å². The van der Waals surface area contributed by atoms with Gasteiger partial charge in [0.15, 0.2) is 0 Å². The van der Waals surface area contributed by atoms with Gasteiger partial charge >= 0.3 is 0 Å². The average molecular weight is 237 g/mol. The van der Waals surface area contributed by atoms with Crippen molar-refractivity contribution in [1.82, 2.24) is 25.3 Å². The summed E-state index contributed by atoms with van der Waals surface area (Å²) in [5.74, 6) is 0. The monoisotopic (exact) mass is 237 g/mol. The zero-order chi connectivity index (χ0) is 11.9. The van der Waals surface area contributed by atoms with E-state index in [1.807, 2.05) is 24.5 Å². The molecule has 0 saturated carbocycles. The molecule has 0 spiro atoms. The van der Waals surface area contributed by atoms with Crippen LogP contribution in [0.4, 0.5) is 0 Å². The lowest BCUT2D eigenvalue weighted by Gasteiger charge is -2.06. The molecule has 18 heavy (non-hydrogen) atoms. The molecular weight excluding hydrogens is 226 g/mol. The van der Waals surface area contributed by atoms with Gasteiger partial charge in [-0.25, -0.2) is 15.0 Å². The first kappa shape index (κ1) is 9.73. The molecule has 0 amide bonds. The summed E-state index contributed by atoms with van der Waals surface area (Å²) in [4.78, 5) is 16.2. The predicted octanol–water partition coefficient (Wildman–Crippen LogP) is 1.62. The van der Waals surface area contributed by atoms with Gasteiger partial charge in [0.25, 0.3) is 0 Å². The summed E-state index contributed by atoms with van der Waals surface area (Å²) in [7, 11) is 0. The van der Waals surface area contributed by atoms with Crippen LogP contribution in [0.25, 0.3) is 22.3 Å². The van der Waals surface area contributed by atoms with Crippen molar-refractivity contribution >= 4 is 11.0 Å². The highest BCUT2D eigenvalue weighted by Gasteiger charge is 2.19. The van der Waals surface area contributed by atoms with E-state index >= 15 is 0 Å². The molecule has 0 fully saturated rings. The number of aromatic nitrogens is 4. The minimum Gasteiger partial charge on any atom is -0.346 e. The van der Waals surface area contributed by atoms with Gasteiger partial charge in [0.2, 0.25) is 0 Å².